The van der Waals surface area contributed by atoms with Gasteiger partial charge in [-0.05, 0) is 36.8 Å². The van der Waals surface area contributed by atoms with E-state index in [2.05, 4.69) is 34.6 Å². The van der Waals surface area contributed by atoms with E-state index < -0.39 is 0 Å². The van der Waals surface area contributed by atoms with Gasteiger partial charge in [-0.15, -0.1) is 5.11 Å². The molecule has 0 aliphatic heterocycles. The standard InChI is InChI=1S/C20H19N3/c1-16-11-13-18(14-12-16)22-23-20-10-6-5-9-19(20)21-15-17-7-3-2-4-8-17/h2-14,21H,15H2,1H3. The molecule has 1 N–H and O–H groups in total. The lowest BCUT2D eigenvalue weighted by Crippen LogP contribution is -1.98. The van der Waals surface area contributed by atoms with Gasteiger partial charge >= 0.3 is 0 Å². The van der Waals surface area contributed by atoms with Gasteiger partial charge in [0.15, 0.2) is 0 Å². The van der Waals surface area contributed by atoms with Crippen LogP contribution in [-0.2, 0) is 6.54 Å². The summed E-state index contributed by atoms with van der Waals surface area (Å²) in [6, 6.07) is 26.3. The normalized spacial score (nSPS) is 10.8. The zero-order valence-corrected chi connectivity index (χ0v) is 13.1. The molecule has 0 aliphatic carbocycles. The van der Waals surface area contributed by atoms with Crippen molar-refractivity contribution in [2.45, 2.75) is 13.5 Å². The first kappa shape index (κ1) is 15.0. The predicted molar refractivity (Wildman–Crippen MR) is 95.6 cm³/mol. The quantitative estimate of drug-likeness (QED) is 0.574. The molecule has 0 spiro atoms. The highest BCUT2D eigenvalue weighted by Gasteiger charge is 2.00. The number of nitrogens with zero attached hydrogens (tertiary/aromatic N) is 2. The third-order valence-electron chi connectivity index (χ3n) is 3.54. The van der Waals surface area contributed by atoms with Crippen LogP contribution in [0.1, 0.15) is 11.1 Å². The Labute approximate surface area is 136 Å². The zero-order chi connectivity index (χ0) is 15.9. The topological polar surface area (TPSA) is 36.8 Å². The Morgan fingerprint density at radius 2 is 1.43 bits per heavy atom. The van der Waals surface area contributed by atoms with E-state index in [9.17, 15) is 0 Å². The van der Waals surface area contributed by atoms with E-state index in [1.807, 2.05) is 66.7 Å². The van der Waals surface area contributed by atoms with Gasteiger partial charge in [0, 0.05) is 6.54 Å². The molecule has 3 aromatic rings. The number of aryl methyl sites for hydroxylation is 1. The fraction of sp³-hybridized carbons (Fsp3) is 0.100. The lowest BCUT2D eigenvalue weighted by atomic mass is 10.2. The number of benzene rings is 3. The second-order valence-electron chi connectivity index (χ2n) is 5.39. The van der Waals surface area contributed by atoms with Gasteiger partial charge in [-0.3, -0.25) is 0 Å². The lowest BCUT2D eigenvalue weighted by molar-refractivity contribution is 1.14. The van der Waals surface area contributed by atoms with Crippen molar-refractivity contribution >= 4 is 17.1 Å². The molecule has 0 radical (unpaired) electrons. The van der Waals surface area contributed by atoms with Crippen LogP contribution in [0, 0.1) is 6.92 Å². The first-order valence-corrected chi connectivity index (χ1v) is 7.66. The van der Waals surface area contributed by atoms with E-state index in [0.29, 0.717) is 0 Å². The van der Waals surface area contributed by atoms with Crippen molar-refractivity contribution in [3.8, 4) is 0 Å². The molecule has 0 aliphatic rings. The van der Waals surface area contributed by atoms with Crippen molar-refractivity contribution in [2.24, 2.45) is 10.2 Å². The molecular formula is C20H19N3. The smallest absolute Gasteiger partial charge is 0.109 e. The third-order valence-corrected chi connectivity index (χ3v) is 3.54. The van der Waals surface area contributed by atoms with E-state index in [-0.39, 0.29) is 0 Å². The summed E-state index contributed by atoms with van der Waals surface area (Å²) in [6.07, 6.45) is 0. The minimum absolute atomic E-state index is 0.762. The summed E-state index contributed by atoms with van der Waals surface area (Å²) in [6.45, 7) is 2.82. The highest BCUT2D eigenvalue weighted by molar-refractivity contribution is 5.65. The van der Waals surface area contributed by atoms with Gasteiger partial charge in [0.05, 0.1) is 11.4 Å². The third kappa shape index (κ3) is 4.27. The minimum atomic E-state index is 0.762. The Hall–Kier alpha value is -2.94. The molecular weight excluding hydrogens is 282 g/mol. The van der Waals surface area contributed by atoms with E-state index in [4.69, 9.17) is 0 Å². The van der Waals surface area contributed by atoms with Crippen LogP contribution >= 0.6 is 0 Å². The Balaban J connectivity index is 1.73. The average molecular weight is 301 g/mol. The summed E-state index contributed by atoms with van der Waals surface area (Å²) in [7, 11) is 0. The minimum Gasteiger partial charge on any atom is -0.379 e. The molecule has 0 atom stereocenters. The molecule has 23 heavy (non-hydrogen) atoms. The van der Waals surface area contributed by atoms with Crippen LogP contribution in [0.25, 0.3) is 0 Å². The molecule has 3 nitrogen and oxygen atoms in total. The first-order valence-electron chi connectivity index (χ1n) is 7.66. The van der Waals surface area contributed by atoms with Crippen LogP contribution < -0.4 is 5.32 Å². The van der Waals surface area contributed by atoms with Crippen LogP contribution in [0.5, 0.6) is 0 Å². The zero-order valence-electron chi connectivity index (χ0n) is 13.1. The average Bonchev–Trinajstić information content (AvgIpc) is 2.61. The van der Waals surface area contributed by atoms with Crippen molar-refractivity contribution in [3.05, 3.63) is 90.0 Å². The van der Waals surface area contributed by atoms with Crippen molar-refractivity contribution in [1.82, 2.24) is 0 Å². The number of azo groups is 1. The van der Waals surface area contributed by atoms with Gasteiger partial charge in [-0.1, -0.05) is 60.2 Å². The second-order valence-corrected chi connectivity index (χ2v) is 5.39. The van der Waals surface area contributed by atoms with Crippen molar-refractivity contribution < 1.29 is 0 Å². The lowest BCUT2D eigenvalue weighted by Gasteiger charge is -2.08. The highest BCUT2D eigenvalue weighted by Crippen LogP contribution is 2.27. The molecule has 0 bridgehead atoms. The van der Waals surface area contributed by atoms with E-state index in [0.717, 1.165) is 23.6 Å². The largest absolute Gasteiger partial charge is 0.379 e. The Morgan fingerprint density at radius 1 is 0.739 bits per heavy atom. The number of hydrogen-bond donors (Lipinski definition) is 1. The van der Waals surface area contributed by atoms with Crippen molar-refractivity contribution in [2.75, 3.05) is 5.32 Å². The number of rotatable bonds is 5. The van der Waals surface area contributed by atoms with Gasteiger partial charge in [0.25, 0.3) is 0 Å². The summed E-state index contributed by atoms with van der Waals surface area (Å²) >= 11 is 0. The summed E-state index contributed by atoms with van der Waals surface area (Å²) in [5, 5.41) is 12.1. The summed E-state index contributed by atoms with van der Waals surface area (Å²) < 4.78 is 0. The molecule has 0 saturated carbocycles. The Morgan fingerprint density at radius 3 is 2.22 bits per heavy atom. The fourth-order valence-electron chi connectivity index (χ4n) is 2.23. The van der Waals surface area contributed by atoms with Gasteiger partial charge in [0.2, 0.25) is 0 Å². The Kier molecular flexibility index (Phi) is 4.79. The molecule has 3 rings (SSSR count). The maximum Gasteiger partial charge on any atom is 0.109 e. The summed E-state index contributed by atoms with van der Waals surface area (Å²) in [4.78, 5) is 0. The van der Waals surface area contributed by atoms with E-state index in [1.165, 1.54) is 11.1 Å². The van der Waals surface area contributed by atoms with Crippen molar-refractivity contribution in [3.63, 3.8) is 0 Å². The van der Waals surface area contributed by atoms with Gasteiger partial charge in [0.1, 0.15) is 5.69 Å². The summed E-state index contributed by atoms with van der Waals surface area (Å²) in [5.41, 5.74) is 5.12. The van der Waals surface area contributed by atoms with Crippen LogP contribution in [0.3, 0.4) is 0 Å². The van der Waals surface area contributed by atoms with Crippen LogP contribution in [-0.4, -0.2) is 0 Å². The molecule has 0 saturated heterocycles. The molecule has 0 aromatic heterocycles. The maximum absolute atomic E-state index is 4.38. The first-order chi connectivity index (χ1) is 11.3. The van der Waals surface area contributed by atoms with Gasteiger partial charge in [-0.25, -0.2) is 0 Å². The van der Waals surface area contributed by atoms with Crippen LogP contribution in [0.4, 0.5) is 17.1 Å². The molecule has 0 heterocycles. The fourth-order valence-corrected chi connectivity index (χ4v) is 2.23. The van der Waals surface area contributed by atoms with Gasteiger partial charge < -0.3 is 5.32 Å². The highest BCUT2D eigenvalue weighted by atomic mass is 15.1. The SMILES string of the molecule is Cc1ccc(N=Nc2ccccc2NCc2ccccc2)cc1. The van der Waals surface area contributed by atoms with E-state index >= 15 is 0 Å². The molecule has 0 amide bonds. The molecule has 0 unspecified atom stereocenters. The second kappa shape index (κ2) is 7.36. The monoisotopic (exact) mass is 301 g/mol. The molecule has 114 valence electrons. The number of nitrogens with one attached hydrogen (secondary N) is 1. The Bertz CT molecular complexity index is 777. The van der Waals surface area contributed by atoms with E-state index in [1.54, 1.807) is 0 Å². The maximum atomic E-state index is 4.38. The molecule has 3 heteroatoms. The summed E-state index contributed by atoms with van der Waals surface area (Å²) in [5.74, 6) is 0. The molecule has 3 aromatic carbocycles. The molecule has 0 fully saturated rings. The van der Waals surface area contributed by atoms with Crippen LogP contribution in [0.2, 0.25) is 0 Å². The number of anilines is 1. The van der Waals surface area contributed by atoms with Crippen molar-refractivity contribution in [1.29, 1.82) is 0 Å². The predicted octanol–water partition coefficient (Wildman–Crippen LogP) is 6.02. The number of hydrogen-bond acceptors (Lipinski definition) is 3. The van der Waals surface area contributed by atoms with Gasteiger partial charge in [-0.2, -0.15) is 5.11 Å². The number of para-hydroxylation sites is 1. The van der Waals surface area contributed by atoms with Crippen LogP contribution in [0.15, 0.2) is 89.1 Å².